The van der Waals surface area contributed by atoms with Crippen molar-refractivity contribution in [3.63, 3.8) is 0 Å². The van der Waals surface area contributed by atoms with Crippen LogP contribution in [0.3, 0.4) is 0 Å². The smallest absolute Gasteiger partial charge is 0.317 e. The Bertz CT molecular complexity index is 1110. The molecule has 0 saturated heterocycles. The first-order chi connectivity index (χ1) is 13.4. The van der Waals surface area contributed by atoms with Crippen molar-refractivity contribution in [3.8, 4) is 5.75 Å². The van der Waals surface area contributed by atoms with Crippen LogP contribution in [0.25, 0.3) is 11.2 Å². The highest BCUT2D eigenvalue weighted by Gasteiger charge is 2.14. The number of pyridine rings is 1. The number of nitrogens with one attached hydrogen (secondary N) is 1. The molecule has 3 aromatic rings. The molecule has 146 valence electrons. The molecule has 2 aromatic heterocycles. The molecule has 0 radical (unpaired) electrons. The van der Waals surface area contributed by atoms with Gasteiger partial charge in [-0.25, -0.2) is 4.98 Å². The Hall–Kier alpha value is -3.42. The van der Waals surface area contributed by atoms with Gasteiger partial charge in [-0.1, -0.05) is 12.1 Å². The van der Waals surface area contributed by atoms with Crippen molar-refractivity contribution in [3.05, 3.63) is 68.9 Å². The zero-order valence-corrected chi connectivity index (χ0v) is 16.0. The Balaban J connectivity index is 1.74. The van der Waals surface area contributed by atoms with Crippen LogP contribution in [0.15, 0.2) is 52.2 Å². The second kappa shape index (κ2) is 8.08. The number of ether oxygens (including phenoxy) is 1. The summed E-state index contributed by atoms with van der Waals surface area (Å²) < 4.78 is 7.93. The molecule has 3 rings (SSSR count). The van der Waals surface area contributed by atoms with Crippen LogP contribution in [0.2, 0.25) is 0 Å². The van der Waals surface area contributed by atoms with Gasteiger partial charge in [-0.05, 0) is 43.7 Å². The third-order valence-corrected chi connectivity index (χ3v) is 4.19. The molecule has 0 saturated carbocycles. The van der Waals surface area contributed by atoms with E-state index in [9.17, 15) is 14.4 Å². The summed E-state index contributed by atoms with van der Waals surface area (Å²) in [7, 11) is 1.48. The summed E-state index contributed by atoms with van der Waals surface area (Å²) in [6, 6.07) is 10.7. The van der Waals surface area contributed by atoms with Crippen molar-refractivity contribution in [2.24, 2.45) is 7.05 Å². The van der Waals surface area contributed by atoms with E-state index >= 15 is 0 Å². The minimum absolute atomic E-state index is 0.0896. The molecule has 0 aliphatic heterocycles. The standard InChI is InChI=1S/C20H22N4O4/c1-13(2)28-15-8-6-14(7-9-15)11-22-17(25)12-24-16-5-4-10-21-18(16)23(3)19(26)20(24)27/h4-10,13H,11-12H2,1-3H3,(H,22,25). The summed E-state index contributed by atoms with van der Waals surface area (Å²) in [5.74, 6) is 0.388. The van der Waals surface area contributed by atoms with Crippen molar-refractivity contribution in [2.75, 3.05) is 0 Å². The Morgan fingerprint density at radius 1 is 1.14 bits per heavy atom. The van der Waals surface area contributed by atoms with Crippen molar-refractivity contribution in [1.29, 1.82) is 0 Å². The Labute approximate surface area is 161 Å². The summed E-state index contributed by atoms with van der Waals surface area (Å²) in [4.78, 5) is 41.0. The molecule has 0 spiro atoms. The summed E-state index contributed by atoms with van der Waals surface area (Å²) >= 11 is 0. The maximum Gasteiger partial charge on any atom is 0.317 e. The van der Waals surface area contributed by atoms with E-state index in [1.165, 1.54) is 17.8 Å². The molecule has 1 amide bonds. The van der Waals surface area contributed by atoms with Gasteiger partial charge >= 0.3 is 11.1 Å². The van der Waals surface area contributed by atoms with Gasteiger partial charge < -0.3 is 10.1 Å². The van der Waals surface area contributed by atoms with Crippen LogP contribution in [0, 0.1) is 0 Å². The van der Waals surface area contributed by atoms with Crippen molar-refractivity contribution in [2.45, 2.75) is 33.0 Å². The fourth-order valence-corrected chi connectivity index (χ4v) is 2.84. The lowest BCUT2D eigenvalue weighted by molar-refractivity contribution is -0.121. The van der Waals surface area contributed by atoms with Crippen molar-refractivity contribution in [1.82, 2.24) is 19.4 Å². The number of hydrogen-bond donors (Lipinski definition) is 1. The third-order valence-electron chi connectivity index (χ3n) is 4.19. The highest BCUT2D eigenvalue weighted by Crippen LogP contribution is 2.13. The van der Waals surface area contributed by atoms with Gasteiger partial charge in [-0.2, -0.15) is 0 Å². The molecule has 28 heavy (non-hydrogen) atoms. The van der Waals surface area contributed by atoms with Crippen molar-refractivity contribution < 1.29 is 9.53 Å². The zero-order valence-electron chi connectivity index (χ0n) is 16.0. The van der Waals surface area contributed by atoms with E-state index in [0.29, 0.717) is 17.7 Å². The third kappa shape index (κ3) is 4.11. The predicted molar refractivity (Wildman–Crippen MR) is 105 cm³/mol. The highest BCUT2D eigenvalue weighted by atomic mass is 16.5. The maximum atomic E-state index is 12.4. The number of aromatic nitrogens is 3. The molecule has 0 unspecified atom stereocenters. The van der Waals surface area contributed by atoms with Gasteiger partial charge in [0, 0.05) is 19.8 Å². The molecule has 0 fully saturated rings. The van der Waals surface area contributed by atoms with Crippen LogP contribution in [-0.2, 0) is 24.9 Å². The molecule has 0 aliphatic rings. The lowest BCUT2D eigenvalue weighted by Crippen LogP contribution is -2.43. The topological polar surface area (TPSA) is 95.2 Å². The van der Waals surface area contributed by atoms with Gasteiger partial charge in [0.05, 0.1) is 11.6 Å². The van der Waals surface area contributed by atoms with Gasteiger partial charge in [0.15, 0.2) is 5.65 Å². The zero-order chi connectivity index (χ0) is 20.3. The summed E-state index contributed by atoms with van der Waals surface area (Å²) in [5.41, 5.74) is 0.195. The number of nitrogens with zero attached hydrogens (tertiary/aromatic N) is 3. The fourth-order valence-electron chi connectivity index (χ4n) is 2.84. The van der Waals surface area contributed by atoms with Crippen LogP contribution in [0.5, 0.6) is 5.75 Å². The van der Waals surface area contributed by atoms with Gasteiger partial charge in [-0.3, -0.25) is 23.5 Å². The average molecular weight is 382 g/mol. The van der Waals surface area contributed by atoms with Crippen molar-refractivity contribution >= 4 is 17.1 Å². The second-order valence-corrected chi connectivity index (χ2v) is 6.69. The number of fused-ring (bicyclic) bond motifs is 1. The number of hydrogen-bond acceptors (Lipinski definition) is 5. The van der Waals surface area contributed by atoms with E-state index in [-0.39, 0.29) is 18.6 Å². The number of rotatable bonds is 6. The molecular weight excluding hydrogens is 360 g/mol. The van der Waals surface area contributed by atoms with E-state index in [0.717, 1.165) is 15.9 Å². The molecule has 0 atom stereocenters. The minimum Gasteiger partial charge on any atom is -0.491 e. The fraction of sp³-hybridized carbons (Fsp3) is 0.300. The molecule has 8 heteroatoms. The van der Waals surface area contributed by atoms with Crippen LogP contribution >= 0.6 is 0 Å². The van der Waals surface area contributed by atoms with E-state index in [4.69, 9.17) is 4.74 Å². The molecule has 8 nitrogen and oxygen atoms in total. The number of aryl methyl sites for hydroxylation is 1. The molecular formula is C20H22N4O4. The number of carbonyl (C=O) groups excluding carboxylic acids is 1. The average Bonchev–Trinajstić information content (AvgIpc) is 2.68. The van der Waals surface area contributed by atoms with E-state index < -0.39 is 11.1 Å². The van der Waals surface area contributed by atoms with Gasteiger partial charge in [-0.15, -0.1) is 0 Å². The summed E-state index contributed by atoms with van der Waals surface area (Å²) in [6.45, 7) is 3.95. The van der Waals surface area contributed by atoms with Crippen LogP contribution < -0.4 is 21.2 Å². The normalized spacial score (nSPS) is 11.0. The summed E-state index contributed by atoms with van der Waals surface area (Å²) in [5, 5.41) is 2.76. The summed E-state index contributed by atoms with van der Waals surface area (Å²) in [6.07, 6.45) is 1.62. The minimum atomic E-state index is -0.756. The lowest BCUT2D eigenvalue weighted by Gasteiger charge is -2.12. The predicted octanol–water partition coefficient (Wildman–Crippen LogP) is 1.20. The first-order valence-corrected chi connectivity index (χ1v) is 8.93. The van der Waals surface area contributed by atoms with Crippen LogP contribution in [-0.4, -0.2) is 26.1 Å². The van der Waals surface area contributed by atoms with E-state index in [1.807, 2.05) is 38.1 Å². The Morgan fingerprint density at radius 2 is 1.86 bits per heavy atom. The molecule has 0 bridgehead atoms. The van der Waals surface area contributed by atoms with E-state index in [2.05, 4.69) is 10.3 Å². The van der Waals surface area contributed by atoms with Gasteiger partial charge in [0.2, 0.25) is 5.91 Å². The molecule has 2 heterocycles. The molecule has 1 aromatic carbocycles. The largest absolute Gasteiger partial charge is 0.491 e. The SMILES string of the molecule is CC(C)Oc1ccc(CNC(=O)Cn2c(=O)c(=O)n(C)c3ncccc32)cc1. The number of benzene rings is 1. The molecule has 0 aliphatic carbocycles. The van der Waals surface area contributed by atoms with E-state index in [1.54, 1.807) is 12.1 Å². The Kier molecular flexibility index (Phi) is 5.58. The Morgan fingerprint density at radius 3 is 2.54 bits per heavy atom. The molecule has 1 N–H and O–H groups in total. The van der Waals surface area contributed by atoms with Gasteiger partial charge in [0.1, 0.15) is 12.3 Å². The van der Waals surface area contributed by atoms with Crippen LogP contribution in [0.4, 0.5) is 0 Å². The monoisotopic (exact) mass is 382 g/mol. The first-order valence-electron chi connectivity index (χ1n) is 8.93. The quantitative estimate of drug-likeness (QED) is 0.647. The highest BCUT2D eigenvalue weighted by molar-refractivity contribution is 5.78. The number of carbonyl (C=O) groups is 1. The maximum absolute atomic E-state index is 12.4. The van der Waals surface area contributed by atoms with Gasteiger partial charge in [0.25, 0.3) is 0 Å². The first kappa shape index (κ1) is 19.3. The number of amides is 1. The lowest BCUT2D eigenvalue weighted by atomic mass is 10.2. The second-order valence-electron chi connectivity index (χ2n) is 6.69. The van der Waals surface area contributed by atoms with Crippen LogP contribution in [0.1, 0.15) is 19.4 Å².